The molecule has 0 saturated heterocycles. The number of aromatic nitrogens is 3. The molecule has 1 aromatic heterocycles. The summed E-state index contributed by atoms with van der Waals surface area (Å²) in [4.78, 5) is 11.6. The van der Waals surface area contributed by atoms with Crippen LogP contribution in [0.15, 0.2) is 6.20 Å². The summed E-state index contributed by atoms with van der Waals surface area (Å²) >= 11 is 5.81. The van der Waals surface area contributed by atoms with Crippen molar-refractivity contribution < 1.29 is 4.79 Å². The summed E-state index contributed by atoms with van der Waals surface area (Å²) in [5.41, 5.74) is 0.0961. The van der Waals surface area contributed by atoms with Gasteiger partial charge in [0.25, 0.3) is 5.91 Å². The molecule has 0 atom stereocenters. The Morgan fingerprint density at radius 1 is 1.71 bits per heavy atom. The van der Waals surface area contributed by atoms with Crippen LogP contribution in [-0.4, -0.2) is 32.7 Å². The molecule has 5 nitrogen and oxygen atoms in total. The monoisotopic (exact) mass is 214 g/mol. The molecule has 1 aliphatic carbocycles. The van der Waals surface area contributed by atoms with Gasteiger partial charge in [0.15, 0.2) is 5.69 Å². The highest BCUT2D eigenvalue weighted by atomic mass is 35.5. The number of hydrogen-bond acceptors (Lipinski definition) is 3. The van der Waals surface area contributed by atoms with Crippen LogP contribution in [0.4, 0.5) is 0 Å². The topological polar surface area (TPSA) is 70.7 Å². The number of H-pyrrole nitrogens is 1. The van der Waals surface area contributed by atoms with Gasteiger partial charge in [-0.2, -0.15) is 15.4 Å². The minimum Gasteiger partial charge on any atom is -0.344 e. The molecule has 0 bridgehead atoms. The van der Waals surface area contributed by atoms with Crippen LogP contribution in [-0.2, 0) is 0 Å². The van der Waals surface area contributed by atoms with E-state index >= 15 is 0 Å². The van der Waals surface area contributed by atoms with Crippen LogP contribution in [0.2, 0.25) is 0 Å². The quantitative estimate of drug-likeness (QED) is 0.728. The van der Waals surface area contributed by atoms with E-state index in [1.54, 1.807) is 0 Å². The molecule has 76 valence electrons. The third kappa shape index (κ3) is 1.59. The summed E-state index contributed by atoms with van der Waals surface area (Å²) in [6, 6.07) is 0. The van der Waals surface area contributed by atoms with Gasteiger partial charge in [0.05, 0.1) is 11.7 Å². The molecular weight excluding hydrogens is 204 g/mol. The number of carbonyl (C=O) groups is 1. The smallest absolute Gasteiger partial charge is 0.273 e. The van der Waals surface area contributed by atoms with Crippen molar-refractivity contribution in [3.8, 4) is 0 Å². The molecule has 0 unspecified atom stereocenters. The molecule has 6 heteroatoms. The number of nitrogens with one attached hydrogen (secondary N) is 2. The molecule has 1 fully saturated rings. The maximum Gasteiger partial charge on any atom is 0.273 e. The molecule has 14 heavy (non-hydrogen) atoms. The van der Waals surface area contributed by atoms with Crippen molar-refractivity contribution in [2.45, 2.75) is 24.8 Å². The molecule has 0 radical (unpaired) electrons. The van der Waals surface area contributed by atoms with E-state index < -0.39 is 0 Å². The summed E-state index contributed by atoms with van der Waals surface area (Å²) in [5.74, 6) is 0.246. The Bertz CT molecular complexity index is 315. The zero-order valence-corrected chi connectivity index (χ0v) is 8.34. The zero-order valence-electron chi connectivity index (χ0n) is 7.59. The van der Waals surface area contributed by atoms with E-state index in [-0.39, 0.29) is 11.4 Å². The van der Waals surface area contributed by atoms with Crippen molar-refractivity contribution in [2.75, 3.05) is 5.88 Å². The summed E-state index contributed by atoms with van der Waals surface area (Å²) < 4.78 is 0. The average molecular weight is 215 g/mol. The predicted octanol–water partition coefficient (Wildman–Crippen LogP) is 0.696. The summed E-state index contributed by atoms with van der Waals surface area (Å²) in [5, 5.41) is 12.6. The first-order valence-electron chi connectivity index (χ1n) is 4.50. The number of amides is 1. The highest BCUT2D eigenvalue weighted by molar-refractivity contribution is 6.19. The summed E-state index contributed by atoms with van der Waals surface area (Å²) in [6.45, 7) is 0. The molecule has 1 aliphatic rings. The van der Waals surface area contributed by atoms with E-state index in [1.807, 2.05) is 0 Å². The Labute approximate surface area is 86.2 Å². The predicted molar refractivity (Wildman–Crippen MR) is 51.2 cm³/mol. The molecule has 1 heterocycles. The largest absolute Gasteiger partial charge is 0.344 e. The number of carbonyl (C=O) groups excluding carboxylic acids is 1. The van der Waals surface area contributed by atoms with Gasteiger partial charge in [-0.25, -0.2) is 0 Å². The molecule has 1 amide bonds. The van der Waals surface area contributed by atoms with Crippen LogP contribution in [0.3, 0.4) is 0 Å². The maximum absolute atomic E-state index is 11.6. The van der Waals surface area contributed by atoms with Crippen molar-refractivity contribution in [3.05, 3.63) is 11.9 Å². The van der Waals surface area contributed by atoms with Gasteiger partial charge in [-0.3, -0.25) is 4.79 Å². The molecular formula is C8H11ClN4O. The van der Waals surface area contributed by atoms with Crippen LogP contribution < -0.4 is 5.32 Å². The molecule has 1 aromatic rings. The van der Waals surface area contributed by atoms with Crippen LogP contribution in [0.5, 0.6) is 0 Å². The van der Waals surface area contributed by atoms with Gasteiger partial charge in [-0.05, 0) is 19.3 Å². The second-order valence-electron chi connectivity index (χ2n) is 3.58. The second-order valence-corrected chi connectivity index (χ2v) is 3.84. The number of rotatable bonds is 3. The lowest BCUT2D eigenvalue weighted by atomic mass is 9.78. The Balaban J connectivity index is 2.01. The van der Waals surface area contributed by atoms with E-state index in [0.29, 0.717) is 11.6 Å². The Hall–Kier alpha value is -1.10. The van der Waals surface area contributed by atoms with Gasteiger partial charge in [0.1, 0.15) is 0 Å². The Kier molecular flexibility index (Phi) is 2.41. The first-order chi connectivity index (χ1) is 6.76. The highest BCUT2D eigenvalue weighted by Crippen LogP contribution is 2.32. The highest BCUT2D eigenvalue weighted by Gasteiger charge is 2.37. The Morgan fingerprint density at radius 2 is 2.50 bits per heavy atom. The summed E-state index contributed by atoms with van der Waals surface area (Å²) in [7, 11) is 0. The van der Waals surface area contributed by atoms with Gasteiger partial charge in [-0.1, -0.05) is 0 Å². The standard InChI is InChI=1S/C8H11ClN4O/c9-5-8(2-1-3-8)11-7(14)6-4-10-13-12-6/h4H,1-3,5H2,(H,11,14)(H,10,12,13). The molecule has 2 N–H and O–H groups in total. The van der Waals surface area contributed by atoms with Crippen LogP contribution >= 0.6 is 11.6 Å². The Morgan fingerprint density at radius 3 is 2.93 bits per heavy atom. The average Bonchev–Trinajstić information content (AvgIpc) is 2.63. The number of hydrogen-bond donors (Lipinski definition) is 2. The van der Waals surface area contributed by atoms with Crippen molar-refractivity contribution in [3.63, 3.8) is 0 Å². The normalized spacial score (nSPS) is 18.6. The zero-order chi connectivity index (χ0) is 10.0. The molecule has 0 aromatic carbocycles. The van der Waals surface area contributed by atoms with E-state index in [2.05, 4.69) is 20.7 Å². The minimum atomic E-state index is -0.211. The fourth-order valence-electron chi connectivity index (χ4n) is 1.51. The first kappa shape index (κ1) is 9.45. The summed E-state index contributed by atoms with van der Waals surface area (Å²) in [6.07, 6.45) is 4.40. The molecule has 1 saturated carbocycles. The van der Waals surface area contributed by atoms with E-state index in [4.69, 9.17) is 11.6 Å². The van der Waals surface area contributed by atoms with Gasteiger partial charge in [0.2, 0.25) is 0 Å². The van der Waals surface area contributed by atoms with E-state index in [1.165, 1.54) is 6.20 Å². The number of alkyl halides is 1. The van der Waals surface area contributed by atoms with E-state index in [0.717, 1.165) is 19.3 Å². The van der Waals surface area contributed by atoms with Crippen LogP contribution in [0.25, 0.3) is 0 Å². The van der Waals surface area contributed by atoms with Gasteiger partial charge in [0, 0.05) is 5.88 Å². The van der Waals surface area contributed by atoms with Crippen molar-refractivity contribution in [2.24, 2.45) is 0 Å². The lowest BCUT2D eigenvalue weighted by Crippen LogP contribution is -2.55. The van der Waals surface area contributed by atoms with Gasteiger partial charge in [-0.15, -0.1) is 11.6 Å². The maximum atomic E-state index is 11.6. The lowest BCUT2D eigenvalue weighted by Gasteiger charge is -2.40. The first-order valence-corrected chi connectivity index (χ1v) is 5.03. The molecule has 2 rings (SSSR count). The minimum absolute atomic E-state index is 0.209. The fraction of sp³-hybridized carbons (Fsp3) is 0.625. The lowest BCUT2D eigenvalue weighted by molar-refractivity contribution is 0.0848. The van der Waals surface area contributed by atoms with E-state index in [9.17, 15) is 4.79 Å². The van der Waals surface area contributed by atoms with Gasteiger partial charge >= 0.3 is 0 Å². The van der Waals surface area contributed by atoms with Crippen molar-refractivity contribution in [1.82, 2.24) is 20.7 Å². The van der Waals surface area contributed by atoms with Crippen molar-refractivity contribution >= 4 is 17.5 Å². The molecule has 0 spiro atoms. The number of aromatic amines is 1. The van der Waals surface area contributed by atoms with Crippen LogP contribution in [0.1, 0.15) is 29.8 Å². The SMILES string of the molecule is O=C(NC1(CCl)CCC1)c1cn[nH]n1. The third-order valence-electron chi connectivity index (χ3n) is 2.59. The van der Waals surface area contributed by atoms with Crippen molar-refractivity contribution in [1.29, 1.82) is 0 Å². The number of nitrogens with zero attached hydrogens (tertiary/aromatic N) is 2. The third-order valence-corrected chi connectivity index (χ3v) is 3.10. The second kappa shape index (κ2) is 3.57. The van der Waals surface area contributed by atoms with Gasteiger partial charge < -0.3 is 5.32 Å². The van der Waals surface area contributed by atoms with Crippen LogP contribution in [0, 0.1) is 0 Å². The fourth-order valence-corrected chi connectivity index (χ4v) is 1.85. The number of halogens is 1. The molecule has 0 aliphatic heterocycles.